The first-order chi connectivity index (χ1) is 19.7. The average Bonchev–Trinajstić information content (AvgIpc) is 3.27. The molecule has 41 heavy (non-hydrogen) atoms. The number of hydrogen-bond donors (Lipinski definition) is 1. The summed E-state index contributed by atoms with van der Waals surface area (Å²) in [5.74, 6) is -1.82. The molecule has 214 valence electrons. The van der Waals surface area contributed by atoms with Crippen molar-refractivity contribution in [1.29, 1.82) is 0 Å². The van der Waals surface area contributed by atoms with Crippen LogP contribution in [-0.2, 0) is 20.8 Å². The molecule has 1 spiro atoms. The third-order valence-corrected chi connectivity index (χ3v) is 10.6. The zero-order valence-electron chi connectivity index (χ0n) is 23.7. The normalized spacial score (nSPS) is 30.1. The molecule has 6 rings (SSSR count). The van der Waals surface area contributed by atoms with Crippen molar-refractivity contribution in [1.82, 2.24) is 9.80 Å². The number of amides is 3. The fourth-order valence-corrected chi connectivity index (χ4v) is 9.04. The predicted octanol–water partition coefficient (Wildman–Crippen LogP) is 3.69. The van der Waals surface area contributed by atoms with Gasteiger partial charge in [0.15, 0.2) is 0 Å². The van der Waals surface area contributed by atoms with Crippen molar-refractivity contribution in [2.24, 2.45) is 11.8 Å². The predicted molar refractivity (Wildman–Crippen MR) is 161 cm³/mol. The van der Waals surface area contributed by atoms with Crippen molar-refractivity contribution in [3.05, 3.63) is 90.5 Å². The van der Waals surface area contributed by atoms with Gasteiger partial charge in [-0.05, 0) is 44.9 Å². The second kappa shape index (κ2) is 10.5. The first kappa shape index (κ1) is 27.8. The van der Waals surface area contributed by atoms with Gasteiger partial charge in [0, 0.05) is 29.6 Å². The Hall–Kier alpha value is -3.36. The Morgan fingerprint density at radius 1 is 0.927 bits per heavy atom. The lowest BCUT2D eigenvalue weighted by Crippen LogP contribution is -2.59. The van der Waals surface area contributed by atoms with Crippen LogP contribution in [0.25, 0.3) is 0 Å². The van der Waals surface area contributed by atoms with Crippen LogP contribution in [0.15, 0.2) is 85.0 Å². The van der Waals surface area contributed by atoms with E-state index in [1.54, 1.807) is 21.6 Å². The fraction of sp³-hybridized carbons (Fsp3) is 0.424. The van der Waals surface area contributed by atoms with E-state index in [-0.39, 0.29) is 29.6 Å². The second-order valence-corrected chi connectivity index (χ2v) is 13.8. The van der Waals surface area contributed by atoms with Crippen molar-refractivity contribution in [2.45, 2.75) is 54.8 Å². The van der Waals surface area contributed by atoms with E-state index in [1.807, 2.05) is 105 Å². The van der Waals surface area contributed by atoms with Crippen molar-refractivity contribution < 1.29 is 19.5 Å². The summed E-state index contributed by atoms with van der Waals surface area (Å²) in [6, 6.07) is 17.8. The van der Waals surface area contributed by atoms with Gasteiger partial charge in [-0.1, -0.05) is 72.8 Å². The number of carbonyl (C=O) groups excluding carboxylic acids is 3. The Balaban J connectivity index is 1.47. The maximum Gasteiger partial charge on any atom is 0.247 e. The number of carbonyl (C=O) groups is 3. The molecule has 4 aliphatic heterocycles. The molecular formula is C33H37N3O4S. The SMILES string of the molecule is CC(C)(C)N1CC=C[C@]23S[C@H]4C=CCN(c5ccccc5)C(=O)[C@H]4[C@H]2C(=O)N([C@@H](CO)Cc2ccccc2)C3C1=O. The minimum Gasteiger partial charge on any atom is -0.394 e. The summed E-state index contributed by atoms with van der Waals surface area (Å²) in [6.45, 7) is 6.57. The van der Waals surface area contributed by atoms with Gasteiger partial charge in [-0.25, -0.2) is 0 Å². The van der Waals surface area contributed by atoms with E-state index in [4.69, 9.17) is 0 Å². The number of nitrogens with zero attached hydrogens (tertiary/aromatic N) is 3. The number of fused-ring (bicyclic) bond motifs is 2. The maximum atomic E-state index is 14.7. The highest BCUT2D eigenvalue weighted by Gasteiger charge is 2.72. The van der Waals surface area contributed by atoms with Crippen molar-refractivity contribution in [3.8, 4) is 0 Å². The third-order valence-electron chi connectivity index (χ3n) is 8.89. The summed E-state index contributed by atoms with van der Waals surface area (Å²) in [7, 11) is 0. The standard InChI is InChI=1S/C33H37N3O4S/c1-32(2,3)35-19-11-17-33-27(26-25(41-33)16-10-18-34(29(26)38)23-14-8-5-9-15-23)30(39)36(28(33)31(35)40)24(21-37)20-22-12-6-4-7-13-22/h4-17,24-28,37H,18-21H2,1-3H3/t24-,25+,26-,27+,28?,33+/m1/s1. The molecule has 1 N–H and O–H groups in total. The topological polar surface area (TPSA) is 81.2 Å². The highest BCUT2D eigenvalue weighted by molar-refractivity contribution is 8.02. The number of para-hydroxylation sites is 1. The van der Waals surface area contributed by atoms with Crippen molar-refractivity contribution >= 4 is 35.2 Å². The van der Waals surface area contributed by atoms with Crippen LogP contribution < -0.4 is 4.90 Å². The molecular weight excluding hydrogens is 534 g/mol. The highest BCUT2D eigenvalue weighted by atomic mass is 32.2. The zero-order valence-corrected chi connectivity index (χ0v) is 24.5. The summed E-state index contributed by atoms with van der Waals surface area (Å²) in [6.07, 6.45) is 8.51. The van der Waals surface area contributed by atoms with E-state index >= 15 is 0 Å². The molecule has 2 fully saturated rings. The van der Waals surface area contributed by atoms with Gasteiger partial charge in [-0.2, -0.15) is 0 Å². The molecule has 2 aromatic rings. The molecule has 0 aromatic heterocycles. The van der Waals surface area contributed by atoms with Crippen molar-refractivity contribution in [3.63, 3.8) is 0 Å². The van der Waals surface area contributed by atoms with Gasteiger partial charge >= 0.3 is 0 Å². The molecule has 2 aromatic carbocycles. The molecule has 0 bridgehead atoms. The molecule has 7 nitrogen and oxygen atoms in total. The van der Waals surface area contributed by atoms with Gasteiger partial charge in [0.25, 0.3) is 0 Å². The number of aliphatic hydroxyl groups is 1. The Kier molecular flexibility index (Phi) is 7.10. The van der Waals surface area contributed by atoms with Crippen LogP contribution >= 0.6 is 11.8 Å². The van der Waals surface area contributed by atoms with Crippen LogP contribution in [0.3, 0.4) is 0 Å². The summed E-state index contributed by atoms with van der Waals surface area (Å²) < 4.78 is -0.923. The Bertz CT molecular complexity index is 1390. The third kappa shape index (κ3) is 4.52. The van der Waals surface area contributed by atoms with Crippen LogP contribution in [0, 0.1) is 11.8 Å². The Morgan fingerprint density at radius 3 is 2.27 bits per heavy atom. The number of hydrogen-bond acceptors (Lipinski definition) is 5. The molecule has 3 amide bonds. The molecule has 8 heteroatoms. The van der Waals surface area contributed by atoms with E-state index in [2.05, 4.69) is 6.08 Å². The minimum absolute atomic E-state index is 0.101. The molecule has 0 radical (unpaired) electrons. The number of likely N-dealkylation sites (tertiary alicyclic amines) is 1. The summed E-state index contributed by atoms with van der Waals surface area (Å²) in [4.78, 5) is 48.8. The second-order valence-electron chi connectivity index (χ2n) is 12.3. The van der Waals surface area contributed by atoms with Crippen LogP contribution in [-0.4, -0.2) is 79.9 Å². The van der Waals surface area contributed by atoms with Gasteiger partial charge in [0.1, 0.15) is 6.04 Å². The van der Waals surface area contributed by atoms with Crippen molar-refractivity contribution in [2.75, 3.05) is 24.6 Å². The van der Waals surface area contributed by atoms with Crippen LogP contribution in [0.4, 0.5) is 5.69 Å². The Labute approximate surface area is 245 Å². The molecule has 4 heterocycles. The van der Waals surface area contributed by atoms with Gasteiger partial charge in [0.05, 0.1) is 29.2 Å². The molecule has 0 aliphatic carbocycles. The van der Waals surface area contributed by atoms with Crippen LogP contribution in [0.1, 0.15) is 26.3 Å². The number of aliphatic hydroxyl groups excluding tert-OH is 1. The van der Waals surface area contributed by atoms with Crippen LogP contribution in [0.5, 0.6) is 0 Å². The minimum atomic E-state index is -0.923. The largest absolute Gasteiger partial charge is 0.394 e. The monoisotopic (exact) mass is 571 g/mol. The molecule has 0 saturated carbocycles. The summed E-state index contributed by atoms with van der Waals surface area (Å²) in [5, 5.41) is 10.4. The lowest BCUT2D eigenvalue weighted by Gasteiger charge is -2.42. The number of rotatable bonds is 5. The molecule has 6 atom stereocenters. The summed E-state index contributed by atoms with van der Waals surface area (Å²) >= 11 is 1.57. The average molecular weight is 572 g/mol. The van der Waals surface area contributed by atoms with E-state index in [9.17, 15) is 19.5 Å². The van der Waals surface area contributed by atoms with E-state index in [0.717, 1.165) is 11.3 Å². The zero-order chi connectivity index (χ0) is 28.9. The molecule has 2 saturated heterocycles. The van der Waals surface area contributed by atoms with Crippen LogP contribution in [0.2, 0.25) is 0 Å². The Morgan fingerprint density at radius 2 is 1.61 bits per heavy atom. The van der Waals surface area contributed by atoms with Gasteiger partial charge < -0.3 is 19.8 Å². The summed E-state index contributed by atoms with van der Waals surface area (Å²) in [5.41, 5.74) is 1.29. The van der Waals surface area contributed by atoms with E-state index in [0.29, 0.717) is 19.5 Å². The van der Waals surface area contributed by atoms with E-state index < -0.39 is 34.2 Å². The van der Waals surface area contributed by atoms with Gasteiger partial charge in [-0.15, -0.1) is 11.8 Å². The first-order valence-corrected chi connectivity index (χ1v) is 15.2. The van der Waals surface area contributed by atoms with Gasteiger partial charge in [-0.3, -0.25) is 14.4 Å². The van der Waals surface area contributed by atoms with E-state index in [1.165, 1.54) is 0 Å². The quantitative estimate of drug-likeness (QED) is 0.554. The highest BCUT2D eigenvalue weighted by Crippen LogP contribution is 2.61. The molecule has 1 unspecified atom stereocenters. The lowest BCUT2D eigenvalue weighted by atomic mass is 9.78. The number of thioether (sulfide) groups is 1. The first-order valence-electron chi connectivity index (χ1n) is 14.3. The van der Waals surface area contributed by atoms with Gasteiger partial charge in [0.2, 0.25) is 17.7 Å². The number of anilines is 1. The fourth-order valence-electron chi connectivity index (χ4n) is 7.05. The number of benzene rings is 2. The smallest absolute Gasteiger partial charge is 0.247 e. The molecule has 4 aliphatic rings. The maximum absolute atomic E-state index is 14.7. The lowest BCUT2D eigenvalue weighted by molar-refractivity contribution is -0.148.